The van der Waals surface area contributed by atoms with Crippen molar-refractivity contribution in [2.75, 3.05) is 12.3 Å². The SMILES string of the molecule is CCOC(=O)c1ccc(N)c(O)c1O. The third-order valence-electron chi connectivity index (χ3n) is 1.68. The molecule has 5 nitrogen and oxygen atoms in total. The van der Waals surface area contributed by atoms with E-state index in [0.717, 1.165) is 0 Å². The largest absolute Gasteiger partial charge is 0.504 e. The molecule has 1 rings (SSSR count). The lowest BCUT2D eigenvalue weighted by Crippen LogP contribution is -2.05. The van der Waals surface area contributed by atoms with Gasteiger partial charge < -0.3 is 20.7 Å². The Bertz CT molecular complexity index is 362. The molecule has 0 saturated carbocycles. The molecule has 0 radical (unpaired) electrons. The second-order valence-corrected chi connectivity index (χ2v) is 2.62. The molecular weight excluding hydrogens is 186 g/mol. The summed E-state index contributed by atoms with van der Waals surface area (Å²) in [5.41, 5.74) is 5.21. The zero-order valence-corrected chi connectivity index (χ0v) is 7.65. The van der Waals surface area contributed by atoms with Crippen LogP contribution >= 0.6 is 0 Å². The zero-order valence-electron chi connectivity index (χ0n) is 7.65. The van der Waals surface area contributed by atoms with Crippen molar-refractivity contribution in [1.29, 1.82) is 0 Å². The summed E-state index contributed by atoms with van der Waals surface area (Å²) in [7, 11) is 0. The summed E-state index contributed by atoms with van der Waals surface area (Å²) in [5.74, 6) is -1.75. The molecule has 14 heavy (non-hydrogen) atoms. The topological polar surface area (TPSA) is 92.8 Å². The Balaban J connectivity index is 3.11. The van der Waals surface area contributed by atoms with E-state index in [2.05, 4.69) is 4.74 Å². The highest BCUT2D eigenvalue weighted by Crippen LogP contribution is 2.34. The van der Waals surface area contributed by atoms with Crippen LogP contribution in [0.4, 0.5) is 5.69 Å². The number of nitrogens with two attached hydrogens (primary N) is 1. The minimum atomic E-state index is -0.694. The Labute approximate surface area is 80.7 Å². The third-order valence-corrected chi connectivity index (χ3v) is 1.68. The molecule has 0 unspecified atom stereocenters. The molecule has 0 spiro atoms. The summed E-state index contributed by atoms with van der Waals surface area (Å²) in [6.07, 6.45) is 0. The number of carbonyl (C=O) groups excluding carboxylic acids is 1. The quantitative estimate of drug-likeness (QED) is 0.371. The maximum atomic E-state index is 11.2. The van der Waals surface area contributed by atoms with Gasteiger partial charge in [-0.3, -0.25) is 0 Å². The lowest BCUT2D eigenvalue weighted by atomic mass is 10.1. The van der Waals surface area contributed by atoms with E-state index in [1.54, 1.807) is 6.92 Å². The number of phenolic OH excluding ortho intramolecular Hbond substituents is 2. The van der Waals surface area contributed by atoms with Crippen LogP contribution in [0.2, 0.25) is 0 Å². The monoisotopic (exact) mass is 197 g/mol. The smallest absolute Gasteiger partial charge is 0.342 e. The van der Waals surface area contributed by atoms with Gasteiger partial charge in [0.15, 0.2) is 11.5 Å². The van der Waals surface area contributed by atoms with Gasteiger partial charge in [0.2, 0.25) is 0 Å². The number of carbonyl (C=O) groups is 1. The van der Waals surface area contributed by atoms with Gasteiger partial charge in [-0.1, -0.05) is 0 Å². The molecule has 1 aromatic rings. The van der Waals surface area contributed by atoms with Crippen LogP contribution in [0.3, 0.4) is 0 Å². The normalized spacial score (nSPS) is 9.79. The Hall–Kier alpha value is -1.91. The van der Waals surface area contributed by atoms with Crippen molar-refractivity contribution >= 4 is 11.7 Å². The number of aromatic hydroxyl groups is 2. The number of rotatable bonds is 2. The molecule has 0 saturated heterocycles. The van der Waals surface area contributed by atoms with Gasteiger partial charge in [0.25, 0.3) is 0 Å². The van der Waals surface area contributed by atoms with E-state index in [9.17, 15) is 15.0 Å². The molecule has 0 heterocycles. The number of benzene rings is 1. The Kier molecular flexibility index (Phi) is 2.81. The van der Waals surface area contributed by atoms with Crippen LogP contribution in [0.5, 0.6) is 11.5 Å². The van der Waals surface area contributed by atoms with E-state index >= 15 is 0 Å². The first kappa shape index (κ1) is 10.2. The van der Waals surface area contributed by atoms with E-state index in [1.807, 2.05) is 0 Å². The van der Waals surface area contributed by atoms with Crippen molar-refractivity contribution in [3.8, 4) is 11.5 Å². The van der Waals surface area contributed by atoms with E-state index < -0.39 is 17.5 Å². The van der Waals surface area contributed by atoms with Crippen LogP contribution in [0, 0.1) is 0 Å². The van der Waals surface area contributed by atoms with Gasteiger partial charge in [0, 0.05) is 0 Å². The fourth-order valence-electron chi connectivity index (χ4n) is 0.969. The highest BCUT2D eigenvalue weighted by Gasteiger charge is 2.16. The minimum absolute atomic E-state index is 0.00977. The van der Waals surface area contributed by atoms with Gasteiger partial charge in [0.1, 0.15) is 5.56 Å². The lowest BCUT2D eigenvalue weighted by Gasteiger charge is -2.06. The minimum Gasteiger partial charge on any atom is -0.504 e. The number of phenols is 2. The number of hydrogen-bond acceptors (Lipinski definition) is 5. The highest BCUT2D eigenvalue weighted by atomic mass is 16.5. The van der Waals surface area contributed by atoms with Crippen LogP contribution < -0.4 is 5.73 Å². The van der Waals surface area contributed by atoms with Gasteiger partial charge in [-0.25, -0.2) is 4.79 Å². The van der Waals surface area contributed by atoms with Crippen LogP contribution in [0.1, 0.15) is 17.3 Å². The maximum absolute atomic E-state index is 11.2. The lowest BCUT2D eigenvalue weighted by molar-refractivity contribution is 0.0522. The predicted molar refractivity (Wildman–Crippen MR) is 50.1 cm³/mol. The molecule has 1 aromatic carbocycles. The summed E-state index contributed by atoms with van der Waals surface area (Å²) in [5, 5.41) is 18.6. The van der Waals surface area contributed by atoms with Gasteiger partial charge >= 0.3 is 5.97 Å². The molecule has 0 amide bonds. The molecular formula is C9H11NO4. The van der Waals surface area contributed by atoms with Crippen molar-refractivity contribution in [1.82, 2.24) is 0 Å². The third kappa shape index (κ3) is 1.71. The van der Waals surface area contributed by atoms with Gasteiger partial charge in [-0.05, 0) is 19.1 Å². The predicted octanol–water partition coefficient (Wildman–Crippen LogP) is 0.857. The molecule has 0 fully saturated rings. The van der Waals surface area contributed by atoms with E-state index in [1.165, 1.54) is 12.1 Å². The van der Waals surface area contributed by atoms with Crippen molar-refractivity contribution in [2.24, 2.45) is 0 Å². The van der Waals surface area contributed by atoms with Crippen LogP contribution in [-0.2, 0) is 4.74 Å². The molecule has 0 aliphatic heterocycles. The Morgan fingerprint density at radius 1 is 1.43 bits per heavy atom. The summed E-state index contributed by atoms with van der Waals surface area (Å²) in [4.78, 5) is 11.2. The van der Waals surface area contributed by atoms with Crippen LogP contribution in [0.15, 0.2) is 12.1 Å². The average molecular weight is 197 g/mol. The van der Waals surface area contributed by atoms with Crippen LogP contribution in [0.25, 0.3) is 0 Å². The molecule has 0 atom stereocenters. The first-order valence-electron chi connectivity index (χ1n) is 4.05. The first-order valence-corrected chi connectivity index (χ1v) is 4.05. The number of anilines is 1. The fourth-order valence-corrected chi connectivity index (χ4v) is 0.969. The second-order valence-electron chi connectivity index (χ2n) is 2.62. The molecule has 0 aliphatic carbocycles. The maximum Gasteiger partial charge on any atom is 0.342 e. The summed E-state index contributed by atoms with van der Waals surface area (Å²) in [6.45, 7) is 1.84. The molecule has 76 valence electrons. The van der Waals surface area contributed by atoms with Gasteiger partial charge in [-0.15, -0.1) is 0 Å². The number of esters is 1. The number of hydrogen-bond donors (Lipinski definition) is 3. The number of nitrogen functional groups attached to an aromatic ring is 1. The Morgan fingerprint density at radius 2 is 2.07 bits per heavy atom. The molecule has 5 heteroatoms. The van der Waals surface area contributed by atoms with Crippen molar-refractivity contribution < 1.29 is 19.7 Å². The van der Waals surface area contributed by atoms with Gasteiger partial charge in [0.05, 0.1) is 12.3 Å². The summed E-state index contributed by atoms with van der Waals surface area (Å²) in [6, 6.07) is 2.61. The van der Waals surface area contributed by atoms with Crippen molar-refractivity contribution in [3.63, 3.8) is 0 Å². The molecule has 0 bridgehead atoms. The van der Waals surface area contributed by atoms with E-state index in [0.29, 0.717) is 0 Å². The number of ether oxygens (including phenoxy) is 1. The molecule has 0 aliphatic rings. The van der Waals surface area contributed by atoms with Crippen molar-refractivity contribution in [2.45, 2.75) is 6.92 Å². The highest BCUT2D eigenvalue weighted by molar-refractivity contribution is 5.94. The molecule has 0 aromatic heterocycles. The van der Waals surface area contributed by atoms with Gasteiger partial charge in [-0.2, -0.15) is 0 Å². The summed E-state index contributed by atoms with van der Waals surface area (Å²) < 4.78 is 4.65. The fraction of sp³-hybridized carbons (Fsp3) is 0.222. The standard InChI is InChI=1S/C9H11NO4/c1-2-14-9(13)5-3-4-6(10)8(12)7(5)11/h3-4,11-12H,2,10H2,1H3. The zero-order chi connectivity index (χ0) is 10.7. The Morgan fingerprint density at radius 3 is 2.64 bits per heavy atom. The summed E-state index contributed by atoms with van der Waals surface area (Å²) >= 11 is 0. The van der Waals surface area contributed by atoms with E-state index in [4.69, 9.17) is 5.73 Å². The van der Waals surface area contributed by atoms with Crippen molar-refractivity contribution in [3.05, 3.63) is 17.7 Å². The second kappa shape index (κ2) is 3.87. The molecule has 4 N–H and O–H groups in total. The van der Waals surface area contributed by atoms with E-state index in [-0.39, 0.29) is 17.9 Å². The average Bonchev–Trinajstić information content (AvgIpc) is 2.15. The first-order chi connectivity index (χ1) is 6.57. The van der Waals surface area contributed by atoms with Crippen LogP contribution in [-0.4, -0.2) is 22.8 Å².